The van der Waals surface area contributed by atoms with Crippen LogP contribution in [0.15, 0.2) is 24.3 Å². The summed E-state index contributed by atoms with van der Waals surface area (Å²) in [4.78, 5) is 2.25. The highest BCUT2D eigenvalue weighted by Crippen LogP contribution is 2.23. The Hall–Kier alpha value is -1.88. The summed E-state index contributed by atoms with van der Waals surface area (Å²) in [5, 5.41) is 10.7. The first-order chi connectivity index (χ1) is 9.74. The van der Waals surface area contributed by atoms with Crippen LogP contribution in [0.4, 0.5) is 10.2 Å². The van der Waals surface area contributed by atoms with Gasteiger partial charge >= 0.3 is 0 Å². The highest BCUT2D eigenvalue weighted by molar-refractivity contribution is 5.63. The van der Waals surface area contributed by atoms with Crippen LogP contribution in [0.2, 0.25) is 0 Å². The van der Waals surface area contributed by atoms with E-state index in [4.69, 9.17) is 0 Å². The van der Waals surface area contributed by atoms with Crippen LogP contribution in [-0.2, 0) is 0 Å². The summed E-state index contributed by atoms with van der Waals surface area (Å²) in [5.74, 6) is 0.752. The molecule has 2 heterocycles. The van der Waals surface area contributed by atoms with Gasteiger partial charge in [-0.25, -0.2) is 4.39 Å². The Morgan fingerprint density at radius 3 is 2.95 bits per heavy atom. The van der Waals surface area contributed by atoms with E-state index in [-0.39, 0.29) is 5.82 Å². The number of halogens is 1. The van der Waals surface area contributed by atoms with Gasteiger partial charge in [-0.3, -0.25) is 5.10 Å². The highest BCUT2D eigenvalue weighted by Gasteiger charge is 2.13. The largest absolute Gasteiger partial charge is 0.354 e. The Morgan fingerprint density at radius 1 is 1.20 bits per heavy atom. The first kappa shape index (κ1) is 13.1. The second-order valence-corrected chi connectivity index (χ2v) is 5.19. The number of nitrogens with one attached hydrogen (secondary N) is 2. The summed E-state index contributed by atoms with van der Waals surface area (Å²) >= 11 is 0. The van der Waals surface area contributed by atoms with Crippen molar-refractivity contribution < 1.29 is 4.39 Å². The molecule has 1 saturated heterocycles. The van der Waals surface area contributed by atoms with Crippen molar-refractivity contribution in [1.29, 1.82) is 0 Å². The number of benzene rings is 1. The van der Waals surface area contributed by atoms with Gasteiger partial charge in [0.05, 0.1) is 5.69 Å². The van der Waals surface area contributed by atoms with E-state index in [0.717, 1.165) is 49.7 Å². The van der Waals surface area contributed by atoms with Crippen LogP contribution in [0, 0.1) is 12.7 Å². The van der Waals surface area contributed by atoms with Crippen molar-refractivity contribution in [2.45, 2.75) is 13.3 Å². The zero-order valence-corrected chi connectivity index (χ0v) is 11.6. The van der Waals surface area contributed by atoms with E-state index in [0.29, 0.717) is 5.56 Å². The molecule has 2 N–H and O–H groups in total. The van der Waals surface area contributed by atoms with Gasteiger partial charge in [0.2, 0.25) is 0 Å². The van der Waals surface area contributed by atoms with Crippen molar-refractivity contribution in [1.82, 2.24) is 15.5 Å². The van der Waals surface area contributed by atoms with E-state index >= 15 is 0 Å². The van der Waals surface area contributed by atoms with Gasteiger partial charge in [-0.2, -0.15) is 5.10 Å². The maximum Gasteiger partial charge on any atom is 0.151 e. The van der Waals surface area contributed by atoms with E-state index < -0.39 is 0 Å². The van der Waals surface area contributed by atoms with Crippen LogP contribution in [0.5, 0.6) is 0 Å². The minimum atomic E-state index is -0.183. The molecular weight excluding hydrogens is 255 g/mol. The molecule has 0 atom stereocenters. The lowest BCUT2D eigenvalue weighted by atomic mass is 10.1. The molecule has 1 fully saturated rings. The summed E-state index contributed by atoms with van der Waals surface area (Å²) < 4.78 is 13.6. The molecule has 1 aromatic heterocycles. The fourth-order valence-electron chi connectivity index (χ4n) is 2.46. The predicted molar refractivity (Wildman–Crippen MR) is 78.4 cm³/mol. The molecule has 0 amide bonds. The van der Waals surface area contributed by atoms with Crippen LogP contribution in [0.1, 0.15) is 12.0 Å². The third kappa shape index (κ3) is 2.67. The highest BCUT2D eigenvalue weighted by atomic mass is 19.1. The van der Waals surface area contributed by atoms with E-state index in [2.05, 4.69) is 20.4 Å². The summed E-state index contributed by atoms with van der Waals surface area (Å²) in [7, 11) is 0. The molecule has 0 radical (unpaired) electrons. The van der Waals surface area contributed by atoms with Crippen LogP contribution >= 0.6 is 0 Å². The Labute approximate surface area is 118 Å². The van der Waals surface area contributed by atoms with Crippen molar-refractivity contribution in [3.05, 3.63) is 35.6 Å². The van der Waals surface area contributed by atoms with E-state index in [9.17, 15) is 4.39 Å². The molecule has 106 valence electrons. The SMILES string of the molecule is Cc1ccc(-c2cc(N3CCCNCC3)n[nH]2)cc1F. The average Bonchev–Trinajstić information content (AvgIpc) is 2.78. The number of hydrogen-bond donors (Lipinski definition) is 2. The molecule has 0 bridgehead atoms. The van der Waals surface area contributed by atoms with Gasteiger partial charge in [-0.05, 0) is 31.5 Å². The minimum absolute atomic E-state index is 0.183. The maximum absolute atomic E-state index is 13.6. The number of rotatable bonds is 2. The molecule has 1 aliphatic heterocycles. The van der Waals surface area contributed by atoms with Crippen molar-refractivity contribution in [2.24, 2.45) is 0 Å². The number of nitrogens with zero attached hydrogens (tertiary/aromatic N) is 2. The molecule has 5 heteroatoms. The van der Waals surface area contributed by atoms with Gasteiger partial charge in [-0.15, -0.1) is 0 Å². The van der Waals surface area contributed by atoms with Gasteiger partial charge in [0.15, 0.2) is 5.82 Å². The number of H-pyrrole nitrogens is 1. The van der Waals surface area contributed by atoms with Crippen molar-refractivity contribution >= 4 is 5.82 Å². The Bertz CT molecular complexity index is 585. The number of aryl methyl sites for hydroxylation is 1. The van der Waals surface area contributed by atoms with Gasteiger partial charge < -0.3 is 10.2 Å². The van der Waals surface area contributed by atoms with Crippen LogP contribution in [-0.4, -0.2) is 36.4 Å². The standard InChI is InChI=1S/C15H19FN4/c1-11-3-4-12(9-13(11)16)14-10-15(19-18-14)20-7-2-5-17-6-8-20/h3-4,9-10,17H,2,5-8H2,1H3,(H,18,19). The zero-order valence-electron chi connectivity index (χ0n) is 11.6. The maximum atomic E-state index is 13.6. The van der Waals surface area contributed by atoms with Gasteiger partial charge in [-0.1, -0.05) is 12.1 Å². The van der Waals surface area contributed by atoms with Crippen LogP contribution in [0.3, 0.4) is 0 Å². The van der Waals surface area contributed by atoms with Gasteiger partial charge in [0.25, 0.3) is 0 Å². The third-order valence-corrected chi connectivity index (χ3v) is 3.71. The molecule has 0 spiro atoms. The summed E-state index contributed by atoms with van der Waals surface area (Å²) in [5.41, 5.74) is 2.35. The summed E-state index contributed by atoms with van der Waals surface area (Å²) in [6.45, 7) is 5.74. The number of anilines is 1. The molecule has 0 unspecified atom stereocenters. The van der Waals surface area contributed by atoms with Crippen molar-refractivity contribution in [2.75, 3.05) is 31.1 Å². The van der Waals surface area contributed by atoms with Gasteiger partial charge in [0, 0.05) is 31.3 Å². The molecule has 20 heavy (non-hydrogen) atoms. The fraction of sp³-hybridized carbons (Fsp3) is 0.400. The van der Waals surface area contributed by atoms with Crippen LogP contribution < -0.4 is 10.2 Å². The summed E-state index contributed by atoms with van der Waals surface area (Å²) in [6, 6.07) is 7.26. The van der Waals surface area contributed by atoms with Crippen molar-refractivity contribution in [3.8, 4) is 11.3 Å². The molecule has 0 aliphatic carbocycles. The molecule has 0 saturated carbocycles. The normalized spacial score (nSPS) is 16.2. The minimum Gasteiger partial charge on any atom is -0.354 e. The number of aromatic nitrogens is 2. The second-order valence-electron chi connectivity index (χ2n) is 5.19. The Kier molecular flexibility index (Phi) is 3.69. The second kappa shape index (κ2) is 5.63. The Balaban J connectivity index is 1.83. The zero-order chi connectivity index (χ0) is 13.9. The molecule has 3 rings (SSSR count). The first-order valence-corrected chi connectivity index (χ1v) is 7.01. The lowest BCUT2D eigenvalue weighted by Crippen LogP contribution is -2.28. The van der Waals surface area contributed by atoms with E-state index in [1.807, 2.05) is 12.1 Å². The van der Waals surface area contributed by atoms with Crippen LogP contribution in [0.25, 0.3) is 11.3 Å². The van der Waals surface area contributed by atoms with Gasteiger partial charge in [0.1, 0.15) is 5.82 Å². The molecular formula is C15H19FN4. The average molecular weight is 274 g/mol. The molecule has 4 nitrogen and oxygen atoms in total. The monoisotopic (exact) mass is 274 g/mol. The summed E-state index contributed by atoms with van der Waals surface area (Å²) in [6.07, 6.45) is 1.11. The fourth-order valence-corrected chi connectivity index (χ4v) is 2.46. The lowest BCUT2D eigenvalue weighted by Gasteiger charge is -2.18. The smallest absolute Gasteiger partial charge is 0.151 e. The quantitative estimate of drug-likeness (QED) is 0.883. The van der Waals surface area contributed by atoms with E-state index in [1.54, 1.807) is 19.1 Å². The van der Waals surface area contributed by atoms with Crippen molar-refractivity contribution in [3.63, 3.8) is 0 Å². The topological polar surface area (TPSA) is 44.0 Å². The van der Waals surface area contributed by atoms with E-state index in [1.165, 1.54) is 0 Å². The third-order valence-electron chi connectivity index (χ3n) is 3.71. The molecule has 2 aromatic rings. The molecule has 1 aliphatic rings. The number of hydrogen-bond acceptors (Lipinski definition) is 3. The number of aromatic amines is 1. The predicted octanol–water partition coefficient (Wildman–Crippen LogP) is 2.32. The Morgan fingerprint density at radius 2 is 2.10 bits per heavy atom. The lowest BCUT2D eigenvalue weighted by molar-refractivity contribution is 0.619. The molecule has 1 aromatic carbocycles. The first-order valence-electron chi connectivity index (χ1n) is 7.01.